The van der Waals surface area contributed by atoms with Crippen LogP contribution in [0.4, 0.5) is 0 Å². The largest absolute Gasteiger partial charge is 0.382 e. The van der Waals surface area contributed by atoms with Gasteiger partial charge in [-0.15, -0.1) is 0 Å². The third kappa shape index (κ3) is 4.78. The molecule has 2 rings (SSSR count). The van der Waals surface area contributed by atoms with Crippen LogP contribution in [0.15, 0.2) is 60.7 Å². The summed E-state index contributed by atoms with van der Waals surface area (Å²) in [6.07, 6.45) is 0.887. The SMILES string of the molecule is COCCONC(Cc1ccccc1)c1ccccc1. The quantitative estimate of drug-likeness (QED) is 0.591. The summed E-state index contributed by atoms with van der Waals surface area (Å²) in [5.74, 6) is 0. The van der Waals surface area contributed by atoms with E-state index in [0.717, 1.165) is 6.42 Å². The van der Waals surface area contributed by atoms with Crippen molar-refractivity contribution in [3.8, 4) is 0 Å². The average molecular weight is 271 g/mol. The van der Waals surface area contributed by atoms with Crippen LogP contribution in [0.1, 0.15) is 17.2 Å². The Labute approximate surface area is 120 Å². The third-order valence-corrected chi connectivity index (χ3v) is 3.10. The molecule has 0 saturated heterocycles. The van der Waals surface area contributed by atoms with Gasteiger partial charge < -0.3 is 4.74 Å². The maximum absolute atomic E-state index is 5.49. The van der Waals surface area contributed by atoms with E-state index in [-0.39, 0.29) is 6.04 Å². The highest BCUT2D eigenvalue weighted by molar-refractivity contribution is 5.23. The molecule has 0 bridgehead atoms. The Morgan fingerprint density at radius 3 is 2.20 bits per heavy atom. The van der Waals surface area contributed by atoms with Crippen molar-refractivity contribution in [3.05, 3.63) is 71.8 Å². The van der Waals surface area contributed by atoms with Gasteiger partial charge in [0.25, 0.3) is 0 Å². The molecule has 3 nitrogen and oxygen atoms in total. The minimum Gasteiger partial charge on any atom is -0.382 e. The van der Waals surface area contributed by atoms with E-state index in [4.69, 9.17) is 9.57 Å². The van der Waals surface area contributed by atoms with Crippen LogP contribution in [-0.4, -0.2) is 20.3 Å². The first-order chi connectivity index (χ1) is 9.90. The first-order valence-electron chi connectivity index (χ1n) is 6.85. The molecule has 0 radical (unpaired) electrons. The summed E-state index contributed by atoms with van der Waals surface area (Å²) in [5, 5.41) is 0. The first kappa shape index (κ1) is 14.7. The van der Waals surface area contributed by atoms with Gasteiger partial charge in [-0.05, 0) is 17.5 Å². The van der Waals surface area contributed by atoms with Crippen molar-refractivity contribution in [1.29, 1.82) is 0 Å². The van der Waals surface area contributed by atoms with Crippen molar-refractivity contribution >= 4 is 0 Å². The maximum atomic E-state index is 5.49. The van der Waals surface area contributed by atoms with Gasteiger partial charge in [-0.25, -0.2) is 0 Å². The Kier molecular flexibility index (Phi) is 6.24. The molecule has 0 aliphatic heterocycles. The first-order valence-corrected chi connectivity index (χ1v) is 6.85. The lowest BCUT2D eigenvalue weighted by Crippen LogP contribution is -2.25. The van der Waals surface area contributed by atoms with Gasteiger partial charge in [-0.2, -0.15) is 5.48 Å². The summed E-state index contributed by atoms with van der Waals surface area (Å²) in [4.78, 5) is 5.49. The Morgan fingerprint density at radius 1 is 0.900 bits per heavy atom. The van der Waals surface area contributed by atoms with Crippen LogP contribution in [0.25, 0.3) is 0 Å². The van der Waals surface area contributed by atoms with Gasteiger partial charge in [0.1, 0.15) is 0 Å². The van der Waals surface area contributed by atoms with Gasteiger partial charge >= 0.3 is 0 Å². The van der Waals surface area contributed by atoms with Crippen molar-refractivity contribution < 1.29 is 9.57 Å². The van der Waals surface area contributed by atoms with E-state index in [9.17, 15) is 0 Å². The molecule has 0 aliphatic rings. The van der Waals surface area contributed by atoms with E-state index >= 15 is 0 Å². The number of methoxy groups -OCH3 is 1. The molecule has 2 aromatic rings. The van der Waals surface area contributed by atoms with Crippen LogP contribution in [0.2, 0.25) is 0 Å². The van der Waals surface area contributed by atoms with Crippen molar-refractivity contribution in [3.63, 3.8) is 0 Å². The lowest BCUT2D eigenvalue weighted by molar-refractivity contribution is -0.0124. The number of rotatable bonds is 8. The fourth-order valence-corrected chi connectivity index (χ4v) is 2.05. The fourth-order valence-electron chi connectivity index (χ4n) is 2.05. The van der Waals surface area contributed by atoms with Gasteiger partial charge in [0.2, 0.25) is 0 Å². The second kappa shape index (κ2) is 8.48. The highest BCUT2D eigenvalue weighted by atomic mass is 16.7. The molecule has 0 fully saturated rings. The molecule has 1 atom stereocenters. The third-order valence-electron chi connectivity index (χ3n) is 3.10. The van der Waals surface area contributed by atoms with Crippen LogP contribution < -0.4 is 5.48 Å². The highest BCUT2D eigenvalue weighted by Crippen LogP contribution is 2.18. The normalized spacial score (nSPS) is 12.2. The van der Waals surface area contributed by atoms with E-state index in [2.05, 4.69) is 41.9 Å². The zero-order valence-electron chi connectivity index (χ0n) is 11.8. The van der Waals surface area contributed by atoms with Crippen molar-refractivity contribution in [2.45, 2.75) is 12.5 Å². The molecular formula is C17H21NO2. The summed E-state index contributed by atoms with van der Waals surface area (Å²) in [5.41, 5.74) is 5.64. The lowest BCUT2D eigenvalue weighted by atomic mass is 10.00. The predicted octanol–water partition coefficient (Wildman–Crippen LogP) is 3.14. The summed E-state index contributed by atoms with van der Waals surface area (Å²) in [6, 6.07) is 20.9. The van der Waals surface area contributed by atoms with Crippen LogP contribution in [0.5, 0.6) is 0 Å². The molecule has 2 aromatic carbocycles. The summed E-state index contributed by atoms with van der Waals surface area (Å²) < 4.78 is 4.98. The van der Waals surface area contributed by atoms with E-state index in [1.807, 2.05) is 24.3 Å². The molecule has 0 spiro atoms. The van der Waals surface area contributed by atoms with Crippen molar-refractivity contribution in [2.24, 2.45) is 0 Å². The van der Waals surface area contributed by atoms with Gasteiger partial charge in [-0.3, -0.25) is 4.84 Å². The molecule has 1 N–H and O–H groups in total. The maximum Gasteiger partial charge on any atom is 0.0916 e. The highest BCUT2D eigenvalue weighted by Gasteiger charge is 2.11. The summed E-state index contributed by atoms with van der Waals surface area (Å²) in [7, 11) is 1.67. The Hall–Kier alpha value is -1.68. The molecule has 0 amide bonds. The average Bonchev–Trinajstić information content (AvgIpc) is 2.52. The van der Waals surface area contributed by atoms with E-state index < -0.39 is 0 Å². The van der Waals surface area contributed by atoms with Crippen LogP contribution >= 0.6 is 0 Å². The zero-order chi connectivity index (χ0) is 14.0. The van der Waals surface area contributed by atoms with Crippen LogP contribution in [0.3, 0.4) is 0 Å². The topological polar surface area (TPSA) is 30.5 Å². The molecule has 106 valence electrons. The summed E-state index contributed by atoms with van der Waals surface area (Å²) in [6.45, 7) is 1.12. The molecular weight excluding hydrogens is 250 g/mol. The number of ether oxygens (including phenoxy) is 1. The molecule has 20 heavy (non-hydrogen) atoms. The number of hydrogen-bond donors (Lipinski definition) is 1. The molecule has 3 heteroatoms. The van der Waals surface area contributed by atoms with Gasteiger partial charge in [0.05, 0.1) is 19.3 Å². The van der Waals surface area contributed by atoms with Gasteiger partial charge in [0.15, 0.2) is 0 Å². The minimum atomic E-state index is 0.135. The Bertz CT molecular complexity index is 473. The molecule has 0 heterocycles. The number of nitrogens with one attached hydrogen (secondary N) is 1. The molecule has 0 saturated carbocycles. The van der Waals surface area contributed by atoms with Crippen molar-refractivity contribution in [2.75, 3.05) is 20.3 Å². The lowest BCUT2D eigenvalue weighted by Gasteiger charge is -2.19. The van der Waals surface area contributed by atoms with E-state index in [1.165, 1.54) is 11.1 Å². The monoisotopic (exact) mass is 271 g/mol. The molecule has 0 aromatic heterocycles. The van der Waals surface area contributed by atoms with Crippen molar-refractivity contribution in [1.82, 2.24) is 5.48 Å². The van der Waals surface area contributed by atoms with E-state index in [0.29, 0.717) is 13.2 Å². The smallest absolute Gasteiger partial charge is 0.0916 e. The second-order valence-corrected chi connectivity index (χ2v) is 4.61. The number of benzene rings is 2. The summed E-state index contributed by atoms with van der Waals surface area (Å²) >= 11 is 0. The molecule has 0 aliphatic carbocycles. The number of hydrogen-bond acceptors (Lipinski definition) is 3. The number of hydroxylamine groups is 1. The minimum absolute atomic E-state index is 0.135. The second-order valence-electron chi connectivity index (χ2n) is 4.61. The Morgan fingerprint density at radius 2 is 1.55 bits per heavy atom. The standard InChI is InChI=1S/C17H21NO2/c1-19-12-13-20-18-17(16-10-6-3-7-11-16)14-15-8-4-2-5-9-15/h2-11,17-18H,12-14H2,1H3. The van der Waals surface area contributed by atoms with Crippen LogP contribution in [-0.2, 0) is 16.0 Å². The van der Waals surface area contributed by atoms with Gasteiger partial charge in [0, 0.05) is 7.11 Å². The molecule has 1 unspecified atom stereocenters. The zero-order valence-corrected chi connectivity index (χ0v) is 11.8. The Balaban J connectivity index is 2.00. The van der Waals surface area contributed by atoms with Gasteiger partial charge in [-0.1, -0.05) is 60.7 Å². The fraction of sp³-hybridized carbons (Fsp3) is 0.294. The van der Waals surface area contributed by atoms with E-state index in [1.54, 1.807) is 7.11 Å². The van der Waals surface area contributed by atoms with Crippen LogP contribution in [0, 0.1) is 0 Å². The predicted molar refractivity (Wildman–Crippen MR) is 80.3 cm³/mol.